The summed E-state index contributed by atoms with van der Waals surface area (Å²) in [4.78, 5) is 4.61. The summed E-state index contributed by atoms with van der Waals surface area (Å²) in [6, 6.07) is 49.1. The van der Waals surface area contributed by atoms with Crippen LogP contribution in [-0.2, 0) is 0 Å². The van der Waals surface area contributed by atoms with E-state index in [0.29, 0.717) is 17.3 Å². The van der Waals surface area contributed by atoms with Gasteiger partial charge in [0.05, 0.1) is 17.4 Å². The number of fused-ring (bicyclic) bond motifs is 1. The van der Waals surface area contributed by atoms with Crippen LogP contribution in [0.4, 0.5) is 28.4 Å². The van der Waals surface area contributed by atoms with Gasteiger partial charge in [-0.1, -0.05) is 112 Å². The van der Waals surface area contributed by atoms with Gasteiger partial charge in [0.25, 0.3) is 0 Å². The van der Waals surface area contributed by atoms with Gasteiger partial charge < -0.3 is 21.3 Å². The molecule has 282 valence electrons. The maximum absolute atomic E-state index is 7.24. The van der Waals surface area contributed by atoms with Crippen molar-refractivity contribution in [2.45, 2.75) is 46.1 Å². The summed E-state index contributed by atoms with van der Waals surface area (Å²) in [5, 5.41) is 2.37. The topological polar surface area (TPSA) is 73.8 Å². The summed E-state index contributed by atoms with van der Waals surface area (Å²) < 4.78 is 0. The zero-order chi connectivity index (χ0) is 38.6. The molecule has 0 saturated heterocycles. The molecule has 0 saturated carbocycles. The predicted molar refractivity (Wildman–Crippen MR) is 235 cm³/mol. The molecule has 56 heavy (non-hydrogen) atoms. The van der Waals surface area contributed by atoms with Crippen LogP contribution in [0.5, 0.6) is 0 Å². The average molecular weight is 737 g/mol. The average Bonchev–Trinajstić information content (AvgIpc) is 3.24. The van der Waals surface area contributed by atoms with Crippen LogP contribution in [-0.4, -0.2) is 24.1 Å². The van der Waals surface area contributed by atoms with Gasteiger partial charge in [0.15, 0.2) is 0 Å². The first-order valence-electron chi connectivity index (χ1n) is 20.0. The molecule has 1 atom stereocenters. The summed E-state index contributed by atoms with van der Waals surface area (Å²) in [6.07, 6.45) is 9.81. The molecule has 3 aliphatic rings. The maximum atomic E-state index is 7.24. The van der Waals surface area contributed by atoms with E-state index in [1.807, 2.05) is 0 Å². The summed E-state index contributed by atoms with van der Waals surface area (Å²) in [6.45, 7) is 8.55. The molecular formula is C50H52N6. The Bertz CT molecular complexity index is 2260. The minimum absolute atomic E-state index is 0.162. The van der Waals surface area contributed by atoms with Gasteiger partial charge in [-0.15, -0.1) is 0 Å². The third kappa shape index (κ3) is 7.34. The number of anilines is 5. The van der Waals surface area contributed by atoms with E-state index in [9.17, 15) is 0 Å². The molecule has 6 heteroatoms. The highest BCUT2D eigenvalue weighted by Gasteiger charge is 2.38. The molecule has 0 amide bonds. The van der Waals surface area contributed by atoms with Gasteiger partial charge in [0.2, 0.25) is 0 Å². The first kappa shape index (κ1) is 36.9. The highest BCUT2D eigenvalue weighted by atomic mass is 15.5. The second-order valence-electron chi connectivity index (χ2n) is 15.2. The Morgan fingerprint density at radius 2 is 1.14 bits per heavy atom. The van der Waals surface area contributed by atoms with Crippen molar-refractivity contribution >= 4 is 39.6 Å². The number of allylic oxidation sites excluding steroid dienone is 3. The Morgan fingerprint density at radius 3 is 1.66 bits per heavy atom. The first-order chi connectivity index (χ1) is 27.4. The number of nitrogens with zero attached hydrogens (tertiary/aromatic N) is 3. The van der Waals surface area contributed by atoms with Crippen molar-refractivity contribution in [1.82, 2.24) is 10.4 Å². The second kappa shape index (κ2) is 16.3. The zero-order valence-electron chi connectivity index (χ0n) is 32.7. The van der Waals surface area contributed by atoms with Crippen LogP contribution >= 0.6 is 0 Å². The molecule has 5 aromatic carbocycles. The van der Waals surface area contributed by atoms with Crippen LogP contribution in [0.3, 0.4) is 0 Å². The van der Waals surface area contributed by atoms with Gasteiger partial charge >= 0.3 is 0 Å². The molecule has 0 radical (unpaired) electrons. The van der Waals surface area contributed by atoms with Crippen LogP contribution in [0.25, 0.3) is 11.1 Å². The van der Waals surface area contributed by atoms with Gasteiger partial charge in [-0.3, -0.25) is 0 Å². The monoisotopic (exact) mass is 736 g/mol. The fourth-order valence-corrected chi connectivity index (χ4v) is 8.37. The van der Waals surface area contributed by atoms with E-state index < -0.39 is 0 Å². The standard InChI is InChI=1S/C50H52N6/c1-4-36-34-54(33-35(2)3)53-50-46(36)45(37-25-29-43(30-26-37)55(39-17-9-5-10-18-39)40-19-11-6-12-20-40)48(51)49(52)47(50)38-27-31-44(32-28-38)56(41-21-13-7-14-22-41)42-23-15-8-16-24-42/h5-7,9-15,17-32,35,50,53H,4,8,16,33-34,51-52H2,1-3H3. The lowest BCUT2D eigenvalue weighted by Crippen LogP contribution is -2.54. The lowest BCUT2D eigenvalue weighted by atomic mass is 9.75. The highest BCUT2D eigenvalue weighted by Crippen LogP contribution is 2.46. The zero-order valence-corrected chi connectivity index (χ0v) is 32.7. The summed E-state index contributed by atoms with van der Waals surface area (Å²) in [5.74, 6) is 0.492. The van der Waals surface area contributed by atoms with E-state index in [4.69, 9.17) is 11.5 Å². The van der Waals surface area contributed by atoms with Crippen molar-refractivity contribution in [3.8, 4) is 0 Å². The Kier molecular flexibility index (Phi) is 10.8. The van der Waals surface area contributed by atoms with Gasteiger partial charge in [-0.25, -0.2) is 10.4 Å². The number of para-hydroxylation sites is 3. The fraction of sp³-hybridized carbons (Fsp3) is 0.200. The first-order valence-corrected chi connectivity index (χ1v) is 20.0. The van der Waals surface area contributed by atoms with Crippen molar-refractivity contribution in [2.24, 2.45) is 17.4 Å². The van der Waals surface area contributed by atoms with E-state index in [1.54, 1.807) is 0 Å². The van der Waals surface area contributed by atoms with E-state index in [1.165, 1.54) is 16.8 Å². The smallest absolute Gasteiger partial charge is 0.0748 e. The van der Waals surface area contributed by atoms with Crippen molar-refractivity contribution < 1.29 is 0 Å². The van der Waals surface area contributed by atoms with Crippen LogP contribution in [0, 0.1) is 5.92 Å². The molecular weight excluding hydrogens is 685 g/mol. The number of benzene rings is 5. The van der Waals surface area contributed by atoms with Gasteiger partial charge in [0, 0.05) is 58.4 Å². The number of nitrogens with one attached hydrogen (secondary N) is 1. The normalized spacial score (nSPS) is 17.3. The van der Waals surface area contributed by atoms with Gasteiger partial charge in [-0.2, -0.15) is 0 Å². The Hall–Kier alpha value is -6.08. The molecule has 6 nitrogen and oxygen atoms in total. The molecule has 1 unspecified atom stereocenters. The van der Waals surface area contributed by atoms with Crippen LogP contribution in [0.15, 0.2) is 186 Å². The van der Waals surface area contributed by atoms with Gasteiger partial charge in [0.1, 0.15) is 0 Å². The molecule has 0 bridgehead atoms. The van der Waals surface area contributed by atoms with Crippen molar-refractivity contribution in [1.29, 1.82) is 0 Å². The maximum Gasteiger partial charge on any atom is 0.0748 e. The van der Waals surface area contributed by atoms with Crippen LogP contribution in [0.2, 0.25) is 0 Å². The SMILES string of the molecule is CCC1=C2C(c3ccc(N(c4ccccc4)c4ccccc4)cc3)=C(N)C(N)=C(c3ccc(N(C4=CCCC=C4)c4ccccc4)cc3)C2NN(CC(C)C)C1. The number of nitrogens with two attached hydrogens (primary N) is 2. The van der Waals surface area contributed by atoms with E-state index >= 15 is 0 Å². The third-order valence-electron chi connectivity index (χ3n) is 10.9. The molecule has 2 aliphatic carbocycles. The molecule has 0 spiro atoms. The molecule has 5 aromatic rings. The Balaban J connectivity index is 1.23. The minimum Gasteiger partial charge on any atom is -0.397 e. The molecule has 0 fully saturated rings. The largest absolute Gasteiger partial charge is 0.397 e. The van der Waals surface area contributed by atoms with E-state index in [2.05, 4.69) is 199 Å². The molecule has 0 aromatic heterocycles. The molecule has 1 heterocycles. The molecule has 5 N–H and O–H groups in total. The quantitative estimate of drug-likeness (QED) is 0.125. The number of hydrogen-bond donors (Lipinski definition) is 3. The Morgan fingerprint density at radius 1 is 0.625 bits per heavy atom. The number of hydrogen-bond acceptors (Lipinski definition) is 6. The number of hydrazine groups is 1. The van der Waals surface area contributed by atoms with Crippen LogP contribution in [0.1, 0.15) is 51.2 Å². The summed E-state index contributed by atoms with van der Waals surface area (Å²) in [5.41, 5.74) is 33.1. The lowest BCUT2D eigenvalue weighted by molar-refractivity contribution is 0.162. The lowest BCUT2D eigenvalue weighted by Gasteiger charge is -2.43. The fourth-order valence-electron chi connectivity index (χ4n) is 8.37. The van der Waals surface area contributed by atoms with E-state index in [-0.39, 0.29) is 6.04 Å². The summed E-state index contributed by atoms with van der Waals surface area (Å²) in [7, 11) is 0. The van der Waals surface area contributed by atoms with E-state index in [0.717, 1.165) is 83.1 Å². The third-order valence-corrected chi connectivity index (χ3v) is 10.9. The summed E-state index contributed by atoms with van der Waals surface area (Å²) >= 11 is 0. The van der Waals surface area contributed by atoms with Crippen molar-refractivity contribution in [3.05, 3.63) is 197 Å². The molecule has 8 rings (SSSR count). The van der Waals surface area contributed by atoms with Crippen LogP contribution < -0.4 is 26.7 Å². The predicted octanol–water partition coefficient (Wildman–Crippen LogP) is 11.1. The Labute approximate surface area is 332 Å². The highest BCUT2D eigenvalue weighted by molar-refractivity contribution is 5.97. The minimum atomic E-state index is -0.162. The van der Waals surface area contributed by atoms with Gasteiger partial charge in [-0.05, 0) is 114 Å². The van der Waals surface area contributed by atoms with Crippen molar-refractivity contribution in [3.63, 3.8) is 0 Å². The number of rotatable bonds is 11. The molecule has 1 aliphatic heterocycles. The second-order valence-corrected chi connectivity index (χ2v) is 15.2. The van der Waals surface area contributed by atoms with Crippen molar-refractivity contribution in [2.75, 3.05) is 22.9 Å².